The van der Waals surface area contributed by atoms with Crippen LogP contribution in [0, 0.1) is 0 Å². The number of sulfone groups is 1. The molecule has 258 valence electrons. The summed E-state index contributed by atoms with van der Waals surface area (Å²) >= 11 is 1.75. The maximum Gasteiger partial charge on any atom is 0.346 e. The molecule has 0 bridgehead atoms. The third kappa shape index (κ3) is 7.81. The number of primary amides is 1. The molecule has 1 unspecified atom stereocenters. The minimum absolute atomic E-state index is 0.150. The maximum absolute atomic E-state index is 12.2. The Bertz CT molecular complexity index is 2120. The number of anilines is 1. The van der Waals surface area contributed by atoms with Crippen molar-refractivity contribution in [2.24, 2.45) is 5.73 Å². The third-order valence-electron chi connectivity index (χ3n) is 9.00. The number of carbonyl (C=O) groups is 2. The van der Waals surface area contributed by atoms with Gasteiger partial charge in [0.2, 0.25) is 5.91 Å². The molecule has 3 aromatic carbocycles. The van der Waals surface area contributed by atoms with E-state index in [4.69, 9.17) is 10.5 Å². The van der Waals surface area contributed by atoms with Gasteiger partial charge >= 0.3 is 6.03 Å². The molecule has 4 N–H and O–H groups in total. The van der Waals surface area contributed by atoms with Gasteiger partial charge in [0.15, 0.2) is 9.84 Å². The summed E-state index contributed by atoms with van der Waals surface area (Å²) in [4.78, 5) is 25.0. The number of hydroxylamine groups is 1. The first-order chi connectivity index (χ1) is 24.1. The van der Waals surface area contributed by atoms with Gasteiger partial charge < -0.3 is 15.8 Å². The number of urea groups is 1. The molecular formula is C39H39N3O6S2. The van der Waals surface area contributed by atoms with Crippen LogP contribution in [0.1, 0.15) is 40.0 Å². The fraction of sp³-hybridized carbons (Fsp3) is 0.231. The molecule has 2 aliphatic carbocycles. The number of hydrogen-bond donors (Lipinski definition) is 3. The number of rotatable bonds is 8. The van der Waals surface area contributed by atoms with Gasteiger partial charge in [0.05, 0.1) is 17.5 Å². The highest BCUT2D eigenvalue weighted by Crippen LogP contribution is 2.42. The lowest BCUT2D eigenvalue weighted by atomic mass is 9.78. The molecule has 9 nitrogen and oxygen atoms in total. The summed E-state index contributed by atoms with van der Waals surface area (Å²) in [6.45, 7) is 0.711. The predicted molar refractivity (Wildman–Crippen MR) is 200 cm³/mol. The summed E-state index contributed by atoms with van der Waals surface area (Å²) in [6, 6.07) is 24.5. The Morgan fingerprint density at radius 3 is 2.54 bits per heavy atom. The van der Waals surface area contributed by atoms with Crippen LogP contribution in [0.15, 0.2) is 96.4 Å². The third-order valence-corrected chi connectivity index (χ3v) is 11.9. The first-order valence-corrected chi connectivity index (χ1v) is 18.8. The fourth-order valence-corrected chi connectivity index (χ4v) is 8.76. The number of nitrogens with two attached hydrogens (primary N) is 1. The molecule has 11 heteroatoms. The molecule has 0 saturated heterocycles. The number of amides is 3. The second-order valence-corrected chi connectivity index (χ2v) is 15.4. The van der Waals surface area contributed by atoms with Crippen LogP contribution in [0.2, 0.25) is 0 Å². The zero-order chi connectivity index (χ0) is 35.3. The van der Waals surface area contributed by atoms with E-state index in [-0.39, 0.29) is 6.42 Å². The van der Waals surface area contributed by atoms with Crippen molar-refractivity contribution in [1.82, 2.24) is 5.32 Å². The lowest BCUT2D eigenvalue weighted by Gasteiger charge is -2.26. The Morgan fingerprint density at radius 2 is 1.74 bits per heavy atom. The van der Waals surface area contributed by atoms with Crippen molar-refractivity contribution in [3.8, 4) is 21.6 Å². The van der Waals surface area contributed by atoms with E-state index >= 15 is 0 Å². The summed E-state index contributed by atoms with van der Waals surface area (Å²) < 4.78 is 27.3. The van der Waals surface area contributed by atoms with Gasteiger partial charge in [-0.3, -0.25) is 10.0 Å². The Kier molecular flexibility index (Phi) is 10.8. The molecule has 1 aliphatic heterocycles. The molecule has 1 aromatic heterocycles. The van der Waals surface area contributed by atoms with Crippen molar-refractivity contribution in [3.63, 3.8) is 0 Å². The Labute approximate surface area is 296 Å². The first kappa shape index (κ1) is 35.0. The van der Waals surface area contributed by atoms with Crippen molar-refractivity contribution >= 4 is 50.4 Å². The van der Waals surface area contributed by atoms with Gasteiger partial charge in [0.1, 0.15) is 0 Å². The quantitative estimate of drug-likeness (QED) is 0.103. The number of ether oxygens (including phenoxy) is 1. The second kappa shape index (κ2) is 15.4. The zero-order valence-corrected chi connectivity index (χ0v) is 29.3. The van der Waals surface area contributed by atoms with Gasteiger partial charge in [-0.25, -0.2) is 13.2 Å². The van der Waals surface area contributed by atoms with Crippen molar-refractivity contribution in [2.75, 3.05) is 25.3 Å². The van der Waals surface area contributed by atoms with Crippen LogP contribution in [-0.4, -0.2) is 51.1 Å². The van der Waals surface area contributed by atoms with E-state index in [1.54, 1.807) is 30.6 Å². The van der Waals surface area contributed by atoms with Gasteiger partial charge in [-0.15, -0.1) is 11.3 Å². The lowest BCUT2D eigenvalue weighted by Crippen LogP contribution is -2.39. The van der Waals surface area contributed by atoms with E-state index in [9.17, 15) is 23.2 Å². The highest BCUT2D eigenvalue weighted by molar-refractivity contribution is 7.95. The minimum atomic E-state index is -3.29. The van der Waals surface area contributed by atoms with Crippen LogP contribution in [-0.2, 0) is 38.6 Å². The summed E-state index contributed by atoms with van der Waals surface area (Å²) in [7, 11) is -1.72. The normalized spacial score (nSPS) is 16.5. The number of nitrogens with zero attached hydrogens (tertiary/aromatic N) is 1. The van der Waals surface area contributed by atoms with E-state index in [0.29, 0.717) is 23.9 Å². The molecule has 7 rings (SSSR count). The first-order valence-electron chi connectivity index (χ1n) is 16.4. The topological polar surface area (TPSA) is 139 Å². The van der Waals surface area contributed by atoms with Gasteiger partial charge in [-0.1, -0.05) is 72.8 Å². The Balaban J connectivity index is 0.000000306. The molecule has 50 heavy (non-hydrogen) atoms. The highest BCUT2D eigenvalue weighted by atomic mass is 32.2. The average molecular weight is 710 g/mol. The average Bonchev–Trinajstić information content (AvgIpc) is 3.63. The van der Waals surface area contributed by atoms with E-state index in [0.717, 1.165) is 41.5 Å². The number of thiophene rings is 1. The van der Waals surface area contributed by atoms with Gasteiger partial charge in [-0.05, 0) is 94.5 Å². The standard InChI is InChI=1S/C32H30N2O3S.C7H9NO3S/c1-37-18-17-33-32(35)34(36)25-7-4-6-23(20-25)30-15-16-31(38-30)24-11-12-27-22(19-24)10-14-28-26-8-3-2-5-21(26)9-13-29(27)28;8-7(9)5-6-3-1-2-4-12(6,10)11/h2-8,10,14-16,19-20,36H,9,11-13,17-18H2,1H3,(H,33,35);1-4,6H,5H2,(H2,8,9). The molecule has 0 spiro atoms. The van der Waals surface area contributed by atoms with Crippen molar-refractivity contribution in [2.45, 2.75) is 37.4 Å². The number of carbonyl (C=O) groups excluding carboxylic acids is 2. The molecule has 4 aromatic rings. The zero-order valence-electron chi connectivity index (χ0n) is 27.7. The SMILES string of the molecule is COCCNC(=O)N(O)c1cccc(-c2ccc(C3=Cc4ccc5c(c4CC3)CCc3ccccc3-5)s2)c1.NC(=O)CC1C=CC=CS1(=O)=O. The van der Waals surface area contributed by atoms with Crippen LogP contribution in [0.4, 0.5) is 10.5 Å². The van der Waals surface area contributed by atoms with Crippen LogP contribution >= 0.6 is 11.3 Å². The summed E-state index contributed by atoms with van der Waals surface area (Å²) in [6.07, 6.45) is 11.0. The maximum atomic E-state index is 12.2. The van der Waals surface area contributed by atoms with Gasteiger partial charge in [0, 0.05) is 35.2 Å². The number of allylic oxidation sites excluding steroid dienone is 3. The van der Waals surface area contributed by atoms with E-state index in [1.165, 1.54) is 56.0 Å². The predicted octanol–water partition coefficient (Wildman–Crippen LogP) is 6.95. The molecule has 3 amide bonds. The van der Waals surface area contributed by atoms with Crippen LogP contribution in [0.5, 0.6) is 0 Å². The van der Waals surface area contributed by atoms with E-state index in [1.807, 2.05) is 18.2 Å². The molecular weight excluding hydrogens is 671 g/mol. The summed E-state index contributed by atoms with van der Waals surface area (Å²) in [5, 5.41) is 14.0. The van der Waals surface area contributed by atoms with Gasteiger partial charge in [-0.2, -0.15) is 5.06 Å². The molecule has 0 fully saturated rings. The smallest absolute Gasteiger partial charge is 0.346 e. The molecule has 2 heterocycles. The molecule has 3 aliphatic rings. The van der Waals surface area contributed by atoms with Gasteiger partial charge in [0.25, 0.3) is 0 Å². The molecule has 0 radical (unpaired) electrons. The van der Waals surface area contributed by atoms with Crippen molar-refractivity contribution in [1.29, 1.82) is 0 Å². The second-order valence-electron chi connectivity index (χ2n) is 12.2. The van der Waals surface area contributed by atoms with Crippen LogP contribution in [0.25, 0.3) is 33.2 Å². The summed E-state index contributed by atoms with van der Waals surface area (Å²) in [5.74, 6) is -0.608. The number of fused-ring (bicyclic) bond motifs is 5. The van der Waals surface area contributed by atoms with E-state index in [2.05, 4.69) is 59.9 Å². The van der Waals surface area contributed by atoms with Crippen LogP contribution < -0.4 is 16.1 Å². The summed E-state index contributed by atoms with van der Waals surface area (Å²) in [5.41, 5.74) is 16.3. The minimum Gasteiger partial charge on any atom is -0.383 e. The van der Waals surface area contributed by atoms with Crippen LogP contribution in [0.3, 0.4) is 0 Å². The van der Waals surface area contributed by atoms with E-state index < -0.39 is 27.0 Å². The number of methoxy groups -OCH3 is 1. The monoisotopic (exact) mass is 709 g/mol. The lowest BCUT2D eigenvalue weighted by molar-refractivity contribution is -0.117. The Morgan fingerprint density at radius 1 is 0.940 bits per heavy atom. The number of benzene rings is 3. The number of nitrogens with one attached hydrogen (secondary N) is 1. The highest BCUT2D eigenvalue weighted by Gasteiger charge is 2.24. The van der Waals surface area contributed by atoms with Crippen molar-refractivity contribution in [3.05, 3.63) is 124 Å². The fourth-order valence-electron chi connectivity index (χ4n) is 6.50. The largest absolute Gasteiger partial charge is 0.383 e. The molecule has 0 saturated carbocycles. The number of aryl methyl sites for hydroxylation is 1. The Hall–Kier alpha value is -4.81. The molecule has 1 atom stereocenters. The van der Waals surface area contributed by atoms with Crippen molar-refractivity contribution < 1.29 is 28.0 Å². The number of hydrogen-bond acceptors (Lipinski definition) is 7.